The van der Waals surface area contributed by atoms with Crippen molar-refractivity contribution in [2.45, 2.75) is 18.9 Å². The normalized spacial score (nSPS) is 16.7. The van der Waals surface area contributed by atoms with Crippen LogP contribution < -0.4 is 14.4 Å². The van der Waals surface area contributed by atoms with E-state index in [-0.39, 0.29) is 12.0 Å². The minimum Gasteiger partial charge on any atom is -0.497 e. The summed E-state index contributed by atoms with van der Waals surface area (Å²) in [5.74, 6) is 2.14. The third kappa shape index (κ3) is 4.11. The molecule has 8 nitrogen and oxygen atoms in total. The number of anilines is 1. The van der Waals surface area contributed by atoms with Gasteiger partial charge in [-0.15, -0.1) is 10.2 Å². The number of aromatic nitrogens is 2. The fraction of sp³-hybridized carbons (Fsp3) is 0.381. The van der Waals surface area contributed by atoms with E-state index >= 15 is 0 Å². The fourth-order valence-corrected chi connectivity index (χ4v) is 3.41. The Morgan fingerprint density at radius 1 is 1.21 bits per heavy atom. The summed E-state index contributed by atoms with van der Waals surface area (Å²) in [5.41, 5.74) is 0.662. The number of ether oxygens (including phenoxy) is 2. The summed E-state index contributed by atoms with van der Waals surface area (Å²) in [6.45, 7) is 1.15. The van der Waals surface area contributed by atoms with Crippen LogP contribution in [-0.2, 0) is 0 Å². The number of hydrogen-bond donors (Lipinski definition) is 0. The Bertz CT molecular complexity index is 1000. The highest BCUT2D eigenvalue weighted by Crippen LogP contribution is 2.26. The van der Waals surface area contributed by atoms with Crippen LogP contribution in [0.1, 0.15) is 23.4 Å². The van der Waals surface area contributed by atoms with Crippen molar-refractivity contribution in [3.8, 4) is 11.6 Å². The molecule has 1 fully saturated rings. The first-order chi connectivity index (χ1) is 14.0. The maximum absolute atomic E-state index is 13.0. The minimum absolute atomic E-state index is 0.128. The van der Waals surface area contributed by atoms with Gasteiger partial charge >= 0.3 is 0 Å². The molecular weight excluding hydrogens is 372 g/mol. The van der Waals surface area contributed by atoms with Crippen molar-refractivity contribution < 1.29 is 18.7 Å². The zero-order valence-corrected chi connectivity index (χ0v) is 16.8. The minimum atomic E-state index is -0.137. The fourth-order valence-electron chi connectivity index (χ4n) is 3.41. The van der Waals surface area contributed by atoms with Gasteiger partial charge in [0, 0.05) is 32.1 Å². The molecule has 1 saturated heterocycles. The zero-order valence-electron chi connectivity index (χ0n) is 16.8. The highest BCUT2D eigenvalue weighted by molar-refractivity contribution is 5.96. The quantitative estimate of drug-likeness (QED) is 0.656. The number of furan rings is 1. The average molecular weight is 396 g/mol. The lowest BCUT2D eigenvalue weighted by Gasteiger charge is -2.32. The summed E-state index contributed by atoms with van der Waals surface area (Å²) in [4.78, 5) is 16.6. The largest absolute Gasteiger partial charge is 0.497 e. The standard InChI is InChI=1S/C21H24N4O4/c1-24(2)19-8-9-20(23-22-19)28-16-5-4-10-25(13-16)21(26)18-12-14-11-15(27-3)6-7-17(14)29-18/h6-9,11-12,16H,4-5,10,13H2,1-3H3. The molecule has 1 aromatic carbocycles. The molecule has 0 N–H and O–H groups in total. The van der Waals surface area contributed by atoms with Gasteiger partial charge in [0.25, 0.3) is 5.91 Å². The molecule has 0 spiro atoms. The molecule has 29 heavy (non-hydrogen) atoms. The van der Waals surface area contributed by atoms with Crippen LogP contribution in [0.2, 0.25) is 0 Å². The number of carbonyl (C=O) groups is 1. The number of hydrogen-bond acceptors (Lipinski definition) is 7. The third-order valence-electron chi connectivity index (χ3n) is 4.97. The van der Waals surface area contributed by atoms with Crippen molar-refractivity contribution in [2.75, 3.05) is 39.2 Å². The predicted molar refractivity (Wildman–Crippen MR) is 109 cm³/mol. The topological polar surface area (TPSA) is 80.9 Å². The van der Waals surface area contributed by atoms with Crippen LogP contribution in [0.3, 0.4) is 0 Å². The predicted octanol–water partition coefficient (Wildman–Crippen LogP) is 2.98. The van der Waals surface area contributed by atoms with Crippen LogP contribution >= 0.6 is 0 Å². The third-order valence-corrected chi connectivity index (χ3v) is 4.97. The number of piperidine rings is 1. The first-order valence-electron chi connectivity index (χ1n) is 9.58. The van der Waals surface area contributed by atoms with Crippen LogP contribution in [-0.4, -0.2) is 61.4 Å². The molecule has 0 aliphatic carbocycles. The number of carbonyl (C=O) groups excluding carboxylic acids is 1. The van der Waals surface area contributed by atoms with Crippen molar-refractivity contribution in [2.24, 2.45) is 0 Å². The Labute approximate surface area is 169 Å². The van der Waals surface area contributed by atoms with E-state index < -0.39 is 0 Å². The van der Waals surface area contributed by atoms with E-state index in [2.05, 4.69) is 10.2 Å². The van der Waals surface area contributed by atoms with Crippen molar-refractivity contribution in [1.82, 2.24) is 15.1 Å². The number of likely N-dealkylation sites (tertiary alicyclic amines) is 1. The summed E-state index contributed by atoms with van der Waals surface area (Å²) >= 11 is 0. The van der Waals surface area contributed by atoms with Crippen LogP contribution in [0, 0.1) is 0 Å². The van der Waals surface area contributed by atoms with E-state index in [1.165, 1.54) is 0 Å². The van der Waals surface area contributed by atoms with Crippen LogP contribution in [0.25, 0.3) is 11.0 Å². The van der Waals surface area contributed by atoms with E-state index in [0.29, 0.717) is 30.3 Å². The molecule has 3 aromatic rings. The molecule has 8 heteroatoms. The molecule has 2 aromatic heterocycles. The van der Waals surface area contributed by atoms with Gasteiger partial charge in [-0.25, -0.2) is 0 Å². The second-order valence-corrected chi connectivity index (χ2v) is 7.27. The summed E-state index contributed by atoms with van der Waals surface area (Å²) < 4.78 is 17.0. The summed E-state index contributed by atoms with van der Waals surface area (Å²) in [6.07, 6.45) is 1.59. The first kappa shape index (κ1) is 19.0. The van der Waals surface area contributed by atoms with E-state index in [1.54, 1.807) is 24.1 Å². The lowest BCUT2D eigenvalue weighted by atomic mass is 10.1. The highest BCUT2D eigenvalue weighted by atomic mass is 16.5. The number of methoxy groups -OCH3 is 1. The zero-order chi connectivity index (χ0) is 20.4. The van der Waals surface area contributed by atoms with Gasteiger partial charge in [0.1, 0.15) is 17.4 Å². The van der Waals surface area contributed by atoms with E-state index in [4.69, 9.17) is 13.9 Å². The number of rotatable bonds is 5. The molecule has 3 heterocycles. The van der Waals surface area contributed by atoms with Crippen LogP contribution in [0.5, 0.6) is 11.6 Å². The Morgan fingerprint density at radius 3 is 2.79 bits per heavy atom. The smallest absolute Gasteiger partial charge is 0.289 e. The Balaban J connectivity index is 1.44. The van der Waals surface area contributed by atoms with Crippen LogP contribution in [0.15, 0.2) is 40.8 Å². The second kappa shape index (κ2) is 7.98. The number of fused-ring (bicyclic) bond motifs is 1. The van der Waals surface area contributed by atoms with Crippen LogP contribution in [0.4, 0.5) is 5.82 Å². The molecule has 152 valence electrons. The lowest BCUT2D eigenvalue weighted by molar-refractivity contribution is 0.0500. The van der Waals surface area contributed by atoms with E-state index in [1.807, 2.05) is 43.3 Å². The van der Waals surface area contributed by atoms with Gasteiger partial charge in [-0.05, 0) is 43.2 Å². The molecule has 4 rings (SSSR count). The number of amides is 1. The molecule has 1 unspecified atom stereocenters. The first-order valence-corrected chi connectivity index (χ1v) is 9.58. The monoisotopic (exact) mass is 396 g/mol. The summed E-state index contributed by atoms with van der Waals surface area (Å²) in [7, 11) is 5.42. The van der Waals surface area contributed by atoms with Gasteiger partial charge < -0.3 is 23.7 Å². The molecule has 1 atom stereocenters. The average Bonchev–Trinajstić information content (AvgIpc) is 3.17. The van der Waals surface area contributed by atoms with Crippen molar-refractivity contribution >= 4 is 22.7 Å². The van der Waals surface area contributed by atoms with Gasteiger partial charge in [-0.2, -0.15) is 0 Å². The molecular formula is C21H24N4O4. The Hall–Kier alpha value is -3.29. The lowest BCUT2D eigenvalue weighted by Crippen LogP contribution is -2.44. The number of benzene rings is 1. The van der Waals surface area contributed by atoms with Crippen molar-refractivity contribution in [3.05, 3.63) is 42.2 Å². The maximum atomic E-state index is 13.0. The van der Waals surface area contributed by atoms with Crippen molar-refractivity contribution in [3.63, 3.8) is 0 Å². The molecule has 0 radical (unpaired) electrons. The molecule has 1 amide bonds. The van der Waals surface area contributed by atoms with Gasteiger partial charge in [-0.1, -0.05) is 0 Å². The highest BCUT2D eigenvalue weighted by Gasteiger charge is 2.28. The molecule has 0 bridgehead atoms. The summed E-state index contributed by atoms with van der Waals surface area (Å²) in [5, 5.41) is 9.09. The molecule has 0 saturated carbocycles. The molecule has 1 aliphatic rings. The SMILES string of the molecule is COc1ccc2oc(C(=O)N3CCCC(Oc4ccc(N(C)C)nn4)C3)cc2c1. The number of nitrogens with zero attached hydrogens (tertiary/aromatic N) is 4. The second-order valence-electron chi connectivity index (χ2n) is 7.27. The van der Waals surface area contributed by atoms with E-state index in [0.717, 1.165) is 29.8 Å². The van der Waals surface area contributed by atoms with Gasteiger partial charge in [0.05, 0.1) is 13.7 Å². The van der Waals surface area contributed by atoms with Gasteiger partial charge in [0.15, 0.2) is 11.6 Å². The van der Waals surface area contributed by atoms with Gasteiger partial charge in [0.2, 0.25) is 5.88 Å². The Kier molecular flexibility index (Phi) is 5.24. The molecule has 1 aliphatic heterocycles. The van der Waals surface area contributed by atoms with Crippen molar-refractivity contribution in [1.29, 1.82) is 0 Å². The maximum Gasteiger partial charge on any atom is 0.289 e. The Morgan fingerprint density at radius 2 is 2.07 bits per heavy atom. The van der Waals surface area contributed by atoms with E-state index in [9.17, 15) is 4.79 Å². The summed E-state index contributed by atoms with van der Waals surface area (Å²) in [6, 6.07) is 10.9. The van der Waals surface area contributed by atoms with Gasteiger partial charge in [-0.3, -0.25) is 4.79 Å².